The van der Waals surface area contributed by atoms with Crippen LogP contribution in [-0.2, 0) is 4.74 Å². The molecule has 0 aliphatic heterocycles. The lowest BCUT2D eigenvalue weighted by molar-refractivity contribution is 0.0384. The van der Waals surface area contributed by atoms with Crippen molar-refractivity contribution < 1.29 is 14.3 Å². The van der Waals surface area contributed by atoms with Crippen molar-refractivity contribution in [2.24, 2.45) is 0 Å². The molecule has 0 spiro atoms. The van der Waals surface area contributed by atoms with Crippen LogP contribution in [0.2, 0.25) is 0 Å². The third-order valence-corrected chi connectivity index (χ3v) is 3.09. The highest BCUT2D eigenvalue weighted by atomic mass is 32.1. The number of carbonyl (C=O) groups excluding carboxylic acids is 1. The van der Waals surface area contributed by atoms with Crippen molar-refractivity contribution in [1.82, 2.24) is 9.59 Å². The standard InChI is InChI=1S/C13H14N2O3S/c1-8(2)18-13(16)12-11(14-15-19-12)9-4-6-10(17-3)7-5-9/h4-8H,1-3H3. The molecule has 5 nitrogen and oxygen atoms in total. The Balaban J connectivity index is 2.30. The van der Waals surface area contributed by atoms with Crippen molar-refractivity contribution in [2.45, 2.75) is 20.0 Å². The lowest BCUT2D eigenvalue weighted by Crippen LogP contribution is -2.11. The lowest BCUT2D eigenvalue weighted by Gasteiger charge is -2.07. The summed E-state index contributed by atoms with van der Waals surface area (Å²) in [6.45, 7) is 3.61. The van der Waals surface area contributed by atoms with Crippen LogP contribution in [0, 0.1) is 0 Å². The SMILES string of the molecule is COc1ccc(-c2nnsc2C(=O)OC(C)C)cc1. The van der Waals surface area contributed by atoms with Gasteiger partial charge in [0, 0.05) is 5.56 Å². The number of esters is 1. The van der Waals surface area contributed by atoms with E-state index >= 15 is 0 Å². The largest absolute Gasteiger partial charge is 0.497 e. The molecule has 0 saturated heterocycles. The molecule has 0 aliphatic rings. The Morgan fingerprint density at radius 1 is 1.26 bits per heavy atom. The van der Waals surface area contributed by atoms with E-state index in [0.717, 1.165) is 22.8 Å². The van der Waals surface area contributed by atoms with Crippen molar-refractivity contribution in [3.63, 3.8) is 0 Å². The van der Waals surface area contributed by atoms with Gasteiger partial charge in [-0.05, 0) is 49.6 Å². The maximum atomic E-state index is 11.9. The van der Waals surface area contributed by atoms with E-state index in [0.29, 0.717) is 10.6 Å². The Morgan fingerprint density at radius 2 is 1.95 bits per heavy atom. The molecule has 0 N–H and O–H groups in total. The predicted octanol–water partition coefficient (Wildman–Crippen LogP) is 2.78. The first kappa shape index (κ1) is 13.5. The molecule has 0 atom stereocenters. The summed E-state index contributed by atoms with van der Waals surface area (Å²) in [5.41, 5.74) is 1.35. The second-order valence-electron chi connectivity index (χ2n) is 4.13. The Bertz CT molecular complexity index is 564. The Morgan fingerprint density at radius 3 is 2.53 bits per heavy atom. The first-order chi connectivity index (χ1) is 9.11. The third-order valence-electron chi connectivity index (χ3n) is 2.38. The number of hydrogen-bond acceptors (Lipinski definition) is 6. The summed E-state index contributed by atoms with van der Waals surface area (Å²) in [5, 5.41) is 4.00. The summed E-state index contributed by atoms with van der Waals surface area (Å²) in [4.78, 5) is 12.3. The number of hydrogen-bond donors (Lipinski definition) is 0. The van der Waals surface area contributed by atoms with Gasteiger partial charge in [0.05, 0.1) is 13.2 Å². The quantitative estimate of drug-likeness (QED) is 0.805. The van der Waals surface area contributed by atoms with Crippen LogP contribution >= 0.6 is 11.5 Å². The van der Waals surface area contributed by atoms with E-state index in [2.05, 4.69) is 9.59 Å². The average Bonchev–Trinajstić information content (AvgIpc) is 2.87. The summed E-state index contributed by atoms with van der Waals surface area (Å²) in [5.74, 6) is 0.356. The number of carbonyl (C=O) groups is 1. The molecule has 0 aliphatic carbocycles. The molecule has 19 heavy (non-hydrogen) atoms. The fraction of sp³-hybridized carbons (Fsp3) is 0.308. The van der Waals surface area contributed by atoms with Crippen LogP contribution in [-0.4, -0.2) is 28.8 Å². The van der Waals surface area contributed by atoms with Gasteiger partial charge in [0.25, 0.3) is 0 Å². The molecule has 1 heterocycles. The maximum absolute atomic E-state index is 11.9. The number of nitrogens with zero attached hydrogens (tertiary/aromatic N) is 2. The van der Waals surface area contributed by atoms with Gasteiger partial charge in [-0.25, -0.2) is 4.79 Å². The summed E-state index contributed by atoms with van der Waals surface area (Å²) in [6.07, 6.45) is -0.168. The van der Waals surface area contributed by atoms with Crippen molar-refractivity contribution in [3.05, 3.63) is 29.1 Å². The Hall–Kier alpha value is -1.95. The van der Waals surface area contributed by atoms with Crippen LogP contribution in [0.4, 0.5) is 0 Å². The molecular weight excluding hydrogens is 264 g/mol. The van der Waals surface area contributed by atoms with Crippen LogP contribution in [0.15, 0.2) is 24.3 Å². The van der Waals surface area contributed by atoms with Gasteiger partial charge in [0.2, 0.25) is 0 Å². The first-order valence-electron chi connectivity index (χ1n) is 5.79. The molecule has 100 valence electrons. The predicted molar refractivity (Wildman–Crippen MR) is 72.4 cm³/mol. The molecule has 0 amide bonds. The van der Waals surface area contributed by atoms with E-state index in [9.17, 15) is 4.79 Å². The van der Waals surface area contributed by atoms with Crippen LogP contribution in [0.5, 0.6) is 5.75 Å². The summed E-state index contributed by atoms with van der Waals surface area (Å²) in [7, 11) is 1.60. The topological polar surface area (TPSA) is 61.3 Å². The third kappa shape index (κ3) is 3.08. The Kier molecular flexibility index (Phi) is 4.11. The molecule has 1 aromatic carbocycles. The molecule has 2 aromatic rings. The minimum atomic E-state index is -0.393. The molecule has 0 unspecified atom stereocenters. The highest BCUT2D eigenvalue weighted by molar-refractivity contribution is 7.08. The molecule has 2 rings (SSSR count). The molecule has 0 fully saturated rings. The van der Waals surface area contributed by atoms with Gasteiger partial charge in [-0.1, -0.05) is 4.49 Å². The van der Waals surface area contributed by atoms with Crippen LogP contribution in [0.25, 0.3) is 11.3 Å². The summed E-state index contributed by atoms with van der Waals surface area (Å²) < 4.78 is 14.1. The summed E-state index contributed by atoms with van der Waals surface area (Å²) >= 11 is 1.04. The lowest BCUT2D eigenvalue weighted by atomic mass is 10.1. The zero-order valence-corrected chi connectivity index (χ0v) is 11.7. The highest BCUT2D eigenvalue weighted by Crippen LogP contribution is 2.26. The van der Waals surface area contributed by atoms with E-state index in [1.807, 2.05) is 24.3 Å². The van der Waals surface area contributed by atoms with Crippen molar-refractivity contribution >= 4 is 17.5 Å². The van der Waals surface area contributed by atoms with E-state index in [1.54, 1.807) is 21.0 Å². The van der Waals surface area contributed by atoms with Gasteiger partial charge in [-0.2, -0.15) is 0 Å². The zero-order valence-electron chi connectivity index (χ0n) is 10.9. The molecule has 6 heteroatoms. The van der Waals surface area contributed by atoms with Crippen molar-refractivity contribution in [3.8, 4) is 17.0 Å². The molecular formula is C13H14N2O3S. The normalized spacial score (nSPS) is 10.5. The van der Waals surface area contributed by atoms with E-state index in [-0.39, 0.29) is 6.10 Å². The van der Waals surface area contributed by atoms with E-state index in [4.69, 9.17) is 9.47 Å². The minimum Gasteiger partial charge on any atom is -0.497 e. The fourth-order valence-electron chi connectivity index (χ4n) is 1.53. The maximum Gasteiger partial charge on any atom is 0.352 e. The van der Waals surface area contributed by atoms with Crippen LogP contribution in [0.1, 0.15) is 23.5 Å². The molecule has 0 radical (unpaired) electrons. The number of aromatic nitrogens is 2. The van der Waals surface area contributed by atoms with Crippen molar-refractivity contribution in [1.29, 1.82) is 0 Å². The van der Waals surface area contributed by atoms with Gasteiger partial charge in [-0.3, -0.25) is 0 Å². The van der Waals surface area contributed by atoms with Gasteiger partial charge < -0.3 is 9.47 Å². The second kappa shape index (κ2) is 5.79. The van der Waals surface area contributed by atoms with Crippen LogP contribution < -0.4 is 4.74 Å². The minimum absolute atomic E-state index is 0.168. The second-order valence-corrected chi connectivity index (χ2v) is 4.89. The monoisotopic (exact) mass is 278 g/mol. The van der Waals surface area contributed by atoms with E-state index in [1.165, 1.54) is 0 Å². The number of methoxy groups -OCH3 is 1. The summed E-state index contributed by atoms with van der Waals surface area (Å²) in [6, 6.07) is 7.29. The molecule has 0 saturated carbocycles. The number of benzene rings is 1. The first-order valence-corrected chi connectivity index (χ1v) is 6.57. The molecule has 1 aromatic heterocycles. The van der Waals surface area contributed by atoms with Crippen LogP contribution in [0.3, 0.4) is 0 Å². The number of ether oxygens (including phenoxy) is 2. The zero-order chi connectivity index (χ0) is 13.8. The average molecular weight is 278 g/mol. The van der Waals surface area contributed by atoms with Gasteiger partial charge >= 0.3 is 5.97 Å². The van der Waals surface area contributed by atoms with Gasteiger partial charge in [0.1, 0.15) is 11.4 Å². The smallest absolute Gasteiger partial charge is 0.352 e. The van der Waals surface area contributed by atoms with Gasteiger partial charge in [0.15, 0.2) is 4.88 Å². The van der Waals surface area contributed by atoms with E-state index < -0.39 is 5.97 Å². The Labute approximate surface area is 115 Å². The fourth-order valence-corrected chi connectivity index (χ4v) is 2.10. The highest BCUT2D eigenvalue weighted by Gasteiger charge is 2.20. The molecule has 0 bridgehead atoms. The van der Waals surface area contributed by atoms with Crippen molar-refractivity contribution in [2.75, 3.05) is 7.11 Å². The van der Waals surface area contributed by atoms with Gasteiger partial charge in [-0.15, -0.1) is 5.10 Å². The number of rotatable bonds is 4.